The van der Waals surface area contributed by atoms with Gasteiger partial charge in [-0.25, -0.2) is 0 Å². The number of aromatic amines is 1. The molecule has 1 aliphatic rings. The van der Waals surface area contributed by atoms with Gasteiger partial charge in [-0.15, -0.1) is 0 Å². The molecule has 0 unspecified atom stereocenters. The number of piperidine rings is 1. The quantitative estimate of drug-likeness (QED) is 0.885. The highest BCUT2D eigenvalue weighted by atomic mass is 16.3. The molecule has 1 aromatic rings. The second kappa shape index (κ2) is 6.39. The van der Waals surface area contributed by atoms with Crippen LogP contribution in [0.1, 0.15) is 56.2 Å². The molecular formula is C15H25N3O2. The maximum absolute atomic E-state index is 12.5. The lowest BCUT2D eigenvalue weighted by Gasteiger charge is -2.37. The Morgan fingerprint density at radius 1 is 1.50 bits per heavy atom. The van der Waals surface area contributed by atoms with E-state index in [9.17, 15) is 9.90 Å². The van der Waals surface area contributed by atoms with Crippen LogP contribution >= 0.6 is 0 Å². The lowest BCUT2D eigenvalue weighted by Crippen LogP contribution is -2.49. The highest BCUT2D eigenvalue weighted by Gasteiger charge is 2.31. The van der Waals surface area contributed by atoms with Crippen molar-refractivity contribution >= 4 is 5.91 Å². The van der Waals surface area contributed by atoms with Gasteiger partial charge in [-0.2, -0.15) is 5.10 Å². The Bertz CT molecular complexity index is 454. The lowest BCUT2D eigenvalue weighted by molar-refractivity contribution is 0.0276. The number of nitrogens with zero attached hydrogens (tertiary/aromatic N) is 2. The zero-order chi connectivity index (χ0) is 14.7. The third-order valence-electron chi connectivity index (χ3n) is 3.85. The van der Waals surface area contributed by atoms with Gasteiger partial charge in [0.15, 0.2) is 0 Å². The molecule has 0 bridgehead atoms. The van der Waals surface area contributed by atoms with Gasteiger partial charge >= 0.3 is 0 Å². The molecule has 2 heterocycles. The van der Waals surface area contributed by atoms with E-state index in [1.807, 2.05) is 6.07 Å². The van der Waals surface area contributed by atoms with E-state index in [2.05, 4.69) is 24.0 Å². The average molecular weight is 279 g/mol. The molecule has 2 N–H and O–H groups in total. The minimum atomic E-state index is -0.492. The fourth-order valence-electron chi connectivity index (χ4n) is 2.87. The van der Waals surface area contributed by atoms with E-state index in [-0.39, 0.29) is 11.9 Å². The van der Waals surface area contributed by atoms with E-state index >= 15 is 0 Å². The molecule has 2 rings (SSSR count). The molecule has 0 radical (unpaired) electrons. The molecule has 0 spiro atoms. The van der Waals surface area contributed by atoms with Gasteiger partial charge < -0.3 is 10.0 Å². The molecule has 20 heavy (non-hydrogen) atoms. The topological polar surface area (TPSA) is 69.2 Å². The van der Waals surface area contributed by atoms with Gasteiger partial charge in [0.25, 0.3) is 5.91 Å². The van der Waals surface area contributed by atoms with E-state index in [1.165, 1.54) is 0 Å². The first-order valence-corrected chi connectivity index (χ1v) is 7.52. The number of hydrogen-bond acceptors (Lipinski definition) is 3. The average Bonchev–Trinajstić information content (AvgIpc) is 2.85. The van der Waals surface area contributed by atoms with Gasteiger partial charge in [-0.1, -0.05) is 13.8 Å². The summed E-state index contributed by atoms with van der Waals surface area (Å²) < 4.78 is 0. The molecular weight excluding hydrogens is 254 g/mol. The summed E-state index contributed by atoms with van der Waals surface area (Å²) in [6.07, 6.45) is 3.33. The molecule has 0 aromatic carbocycles. The van der Waals surface area contributed by atoms with Crippen molar-refractivity contribution in [2.75, 3.05) is 6.54 Å². The number of amides is 1. The minimum absolute atomic E-state index is 0.0677. The van der Waals surface area contributed by atoms with Crippen LogP contribution in [0.3, 0.4) is 0 Å². The molecule has 1 saturated heterocycles. The lowest BCUT2D eigenvalue weighted by atomic mass is 9.97. The van der Waals surface area contributed by atoms with Gasteiger partial charge in [-0.05, 0) is 44.6 Å². The van der Waals surface area contributed by atoms with Crippen molar-refractivity contribution < 1.29 is 9.90 Å². The maximum Gasteiger partial charge on any atom is 0.274 e. The van der Waals surface area contributed by atoms with Crippen molar-refractivity contribution in [3.05, 3.63) is 17.5 Å². The molecule has 5 nitrogen and oxygen atoms in total. The Kier molecular flexibility index (Phi) is 4.81. The standard InChI is InChI=1S/C15H25N3O2/c1-10(2)8-12-9-13(17-16-12)15(20)18-7-5-4-6-14(18)11(3)19/h9-11,14,19H,4-8H2,1-3H3,(H,16,17)/t11-,14+/m0/s1. The van der Waals surface area contributed by atoms with E-state index in [0.717, 1.165) is 31.4 Å². The molecule has 112 valence electrons. The number of aliphatic hydroxyl groups excluding tert-OH is 1. The second-order valence-corrected chi connectivity index (χ2v) is 6.18. The van der Waals surface area contributed by atoms with Crippen LogP contribution in [-0.2, 0) is 6.42 Å². The summed E-state index contributed by atoms with van der Waals surface area (Å²) in [5, 5.41) is 16.9. The van der Waals surface area contributed by atoms with Crippen LogP contribution in [0.25, 0.3) is 0 Å². The number of carbonyl (C=O) groups is 1. The number of hydrogen-bond donors (Lipinski definition) is 2. The largest absolute Gasteiger partial charge is 0.391 e. The monoisotopic (exact) mass is 279 g/mol. The van der Waals surface area contributed by atoms with Gasteiger partial charge in [0.2, 0.25) is 0 Å². The SMILES string of the molecule is CC(C)Cc1cc(C(=O)N2CCCC[C@@H]2[C@H](C)O)n[nH]1. The summed E-state index contributed by atoms with van der Waals surface area (Å²) >= 11 is 0. The second-order valence-electron chi connectivity index (χ2n) is 6.18. The molecule has 1 aromatic heterocycles. The molecule has 1 fully saturated rings. The van der Waals surface area contributed by atoms with Crippen molar-refractivity contribution in [3.63, 3.8) is 0 Å². The fourth-order valence-corrected chi connectivity index (χ4v) is 2.87. The van der Waals surface area contributed by atoms with Gasteiger partial charge in [0, 0.05) is 12.2 Å². The number of likely N-dealkylation sites (tertiary alicyclic amines) is 1. The van der Waals surface area contributed by atoms with Crippen molar-refractivity contribution in [1.82, 2.24) is 15.1 Å². The minimum Gasteiger partial charge on any atom is -0.391 e. The summed E-state index contributed by atoms with van der Waals surface area (Å²) in [5.41, 5.74) is 1.46. The molecule has 5 heteroatoms. The number of nitrogens with one attached hydrogen (secondary N) is 1. The van der Waals surface area contributed by atoms with Gasteiger partial charge in [-0.3, -0.25) is 9.89 Å². The first kappa shape index (κ1) is 15.0. The summed E-state index contributed by atoms with van der Waals surface area (Å²) in [5.74, 6) is 0.459. The van der Waals surface area contributed by atoms with E-state index in [0.29, 0.717) is 18.2 Å². The number of aromatic nitrogens is 2. The Balaban J connectivity index is 2.10. The molecule has 0 saturated carbocycles. The Hall–Kier alpha value is -1.36. The molecule has 0 aliphatic carbocycles. The summed E-state index contributed by atoms with van der Waals surface area (Å²) in [6, 6.07) is 1.76. The van der Waals surface area contributed by atoms with Crippen LogP contribution in [-0.4, -0.2) is 44.8 Å². The number of H-pyrrole nitrogens is 1. The van der Waals surface area contributed by atoms with Crippen LogP contribution < -0.4 is 0 Å². The van der Waals surface area contributed by atoms with Crippen LogP contribution in [0.2, 0.25) is 0 Å². The Morgan fingerprint density at radius 2 is 2.25 bits per heavy atom. The third kappa shape index (κ3) is 3.39. The maximum atomic E-state index is 12.5. The molecule has 2 atom stereocenters. The summed E-state index contributed by atoms with van der Waals surface area (Å²) in [6.45, 7) is 6.73. The third-order valence-corrected chi connectivity index (χ3v) is 3.85. The fraction of sp³-hybridized carbons (Fsp3) is 0.733. The van der Waals surface area contributed by atoms with Crippen LogP contribution in [0.15, 0.2) is 6.07 Å². The van der Waals surface area contributed by atoms with Gasteiger partial charge in [0.1, 0.15) is 5.69 Å². The first-order valence-electron chi connectivity index (χ1n) is 7.52. The summed E-state index contributed by atoms with van der Waals surface area (Å²) in [4.78, 5) is 14.3. The van der Waals surface area contributed by atoms with E-state index in [4.69, 9.17) is 0 Å². The highest BCUT2D eigenvalue weighted by Crippen LogP contribution is 2.22. The Morgan fingerprint density at radius 3 is 2.90 bits per heavy atom. The van der Waals surface area contributed by atoms with Gasteiger partial charge in [0.05, 0.1) is 12.1 Å². The first-order chi connectivity index (χ1) is 9.49. The predicted octanol–water partition coefficient (Wildman–Crippen LogP) is 1.98. The summed E-state index contributed by atoms with van der Waals surface area (Å²) in [7, 11) is 0. The number of rotatable bonds is 4. The van der Waals surface area contributed by atoms with Crippen LogP contribution in [0.4, 0.5) is 0 Å². The van der Waals surface area contributed by atoms with Crippen molar-refractivity contribution in [1.29, 1.82) is 0 Å². The highest BCUT2D eigenvalue weighted by molar-refractivity contribution is 5.92. The van der Waals surface area contributed by atoms with Crippen LogP contribution in [0, 0.1) is 5.92 Å². The van der Waals surface area contributed by atoms with Crippen molar-refractivity contribution in [2.24, 2.45) is 5.92 Å². The zero-order valence-electron chi connectivity index (χ0n) is 12.6. The van der Waals surface area contributed by atoms with Crippen molar-refractivity contribution in [2.45, 2.75) is 58.6 Å². The number of aliphatic hydroxyl groups is 1. The van der Waals surface area contributed by atoms with E-state index < -0.39 is 6.10 Å². The number of carbonyl (C=O) groups excluding carboxylic acids is 1. The predicted molar refractivity (Wildman–Crippen MR) is 77.5 cm³/mol. The normalized spacial score (nSPS) is 21.2. The zero-order valence-corrected chi connectivity index (χ0v) is 12.6. The van der Waals surface area contributed by atoms with Crippen molar-refractivity contribution in [3.8, 4) is 0 Å². The smallest absolute Gasteiger partial charge is 0.274 e. The van der Waals surface area contributed by atoms with E-state index in [1.54, 1.807) is 11.8 Å². The molecule has 1 amide bonds. The molecule has 1 aliphatic heterocycles. The Labute approximate surface area is 120 Å². The van der Waals surface area contributed by atoms with Crippen LogP contribution in [0.5, 0.6) is 0 Å².